The summed E-state index contributed by atoms with van der Waals surface area (Å²) >= 11 is 0. The summed E-state index contributed by atoms with van der Waals surface area (Å²) in [6, 6.07) is 24.8. The number of aryl methyl sites for hydroxylation is 2. The van der Waals surface area contributed by atoms with Gasteiger partial charge in [-0.05, 0) is 200 Å². The molecule has 2 heterocycles. The third-order valence-corrected chi connectivity index (χ3v) is 14.2. The third kappa shape index (κ3) is 7.24. The van der Waals surface area contributed by atoms with Gasteiger partial charge >= 0.3 is 0 Å². The van der Waals surface area contributed by atoms with E-state index in [2.05, 4.69) is 73.2 Å². The molecule has 1 unspecified atom stereocenters. The lowest BCUT2D eigenvalue weighted by atomic mass is 9.89. The van der Waals surface area contributed by atoms with E-state index in [0.29, 0.717) is 17.9 Å². The number of hydrogen-bond donors (Lipinski definition) is 2. The number of benzene rings is 4. The summed E-state index contributed by atoms with van der Waals surface area (Å²) < 4.78 is 18.4. The molecule has 316 valence electrons. The number of aromatic hydroxyl groups is 2. The number of rotatable bonds is 10. The lowest BCUT2D eigenvalue weighted by Gasteiger charge is -2.24. The first-order valence-corrected chi connectivity index (χ1v) is 23.4. The predicted octanol–water partition coefficient (Wildman–Crippen LogP) is 12.8. The highest BCUT2D eigenvalue weighted by Gasteiger charge is 2.31. The number of nitrogens with zero attached hydrogens (tertiary/aromatic N) is 2. The van der Waals surface area contributed by atoms with Crippen molar-refractivity contribution < 1.29 is 19.7 Å². The predicted molar refractivity (Wildman–Crippen MR) is 247 cm³/mol. The van der Waals surface area contributed by atoms with Crippen LogP contribution in [0.2, 0.25) is 0 Å². The monoisotopic (exact) mass is 814 g/mol. The van der Waals surface area contributed by atoms with Gasteiger partial charge in [-0.3, -0.25) is 0 Å². The molecular formula is C55H62N2O4. The van der Waals surface area contributed by atoms with E-state index in [4.69, 9.17) is 9.47 Å². The Kier molecular flexibility index (Phi) is 10.7. The van der Waals surface area contributed by atoms with Crippen molar-refractivity contribution >= 4 is 0 Å². The van der Waals surface area contributed by atoms with Crippen LogP contribution >= 0.6 is 0 Å². The van der Waals surface area contributed by atoms with Crippen LogP contribution in [-0.4, -0.2) is 31.6 Å². The molecular weight excluding hydrogens is 753 g/mol. The summed E-state index contributed by atoms with van der Waals surface area (Å²) in [6.07, 6.45) is 19.0. The number of hydrogen-bond acceptors (Lipinski definition) is 4. The van der Waals surface area contributed by atoms with Crippen LogP contribution in [0.25, 0.3) is 33.6 Å². The van der Waals surface area contributed by atoms with E-state index in [1.807, 2.05) is 36.4 Å². The van der Waals surface area contributed by atoms with Gasteiger partial charge in [0, 0.05) is 51.5 Å². The van der Waals surface area contributed by atoms with E-state index in [0.717, 1.165) is 108 Å². The SMILES string of the molecule is Cc1cc(-c2ccccc2OC(C)C[C@@H](C)Oc2ccccc2-c2cc(C)cc(-n3c4c(c5c3CCCC5)CCCC4)c2O)c(O)c(-n2c3c(c4c2CCCC4)CCCC3)c1. The molecule has 6 heteroatoms. The highest BCUT2D eigenvalue weighted by molar-refractivity contribution is 5.81. The lowest BCUT2D eigenvalue weighted by molar-refractivity contribution is 0.131. The van der Waals surface area contributed by atoms with Crippen LogP contribution in [0.1, 0.15) is 128 Å². The maximum atomic E-state index is 12.2. The van der Waals surface area contributed by atoms with Crippen LogP contribution in [0.4, 0.5) is 0 Å². The Bertz CT molecular complexity index is 2380. The van der Waals surface area contributed by atoms with E-state index >= 15 is 0 Å². The quantitative estimate of drug-likeness (QED) is 0.145. The highest BCUT2D eigenvalue weighted by Crippen LogP contribution is 2.46. The Hall–Kier alpha value is -5.36. The minimum absolute atomic E-state index is 0.178. The van der Waals surface area contributed by atoms with Gasteiger partial charge in [0.25, 0.3) is 0 Å². The van der Waals surface area contributed by atoms with Crippen LogP contribution < -0.4 is 9.47 Å². The first kappa shape index (κ1) is 39.8. The molecule has 6 aromatic rings. The molecule has 0 radical (unpaired) electrons. The molecule has 4 aliphatic carbocycles. The Labute approximate surface area is 362 Å². The summed E-state index contributed by atoms with van der Waals surface area (Å²) in [5.41, 5.74) is 19.3. The summed E-state index contributed by atoms with van der Waals surface area (Å²) in [6.45, 7) is 8.46. The molecule has 6 nitrogen and oxygen atoms in total. The van der Waals surface area contributed by atoms with Crippen molar-refractivity contribution in [3.63, 3.8) is 0 Å². The molecule has 61 heavy (non-hydrogen) atoms. The van der Waals surface area contributed by atoms with Crippen molar-refractivity contribution in [2.75, 3.05) is 0 Å². The number of phenols is 2. The van der Waals surface area contributed by atoms with Crippen molar-refractivity contribution in [2.24, 2.45) is 0 Å². The van der Waals surface area contributed by atoms with Gasteiger partial charge in [0.15, 0.2) is 0 Å². The van der Waals surface area contributed by atoms with Gasteiger partial charge in [-0.15, -0.1) is 0 Å². The molecule has 0 spiro atoms. The maximum absolute atomic E-state index is 12.2. The fourth-order valence-corrected chi connectivity index (χ4v) is 11.6. The molecule has 0 saturated heterocycles. The van der Waals surface area contributed by atoms with Gasteiger partial charge < -0.3 is 28.8 Å². The number of fused-ring (bicyclic) bond motifs is 6. The number of ether oxygens (including phenoxy) is 2. The van der Waals surface area contributed by atoms with Crippen molar-refractivity contribution in [1.82, 2.24) is 9.13 Å². The lowest BCUT2D eigenvalue weighted by Crippen LogP contribution is -2.23. The summed E-state index contributed by atoms with van der Waals surface area (Å²) in [7, 11) is 0. The molecule has 0 fully saturated rings. The molecule has 0 aliphatic heterocycles. The second kappa shape index (κ2) is 16.5. The van der Waals surface area contributed by atoms with Crippen LogP contribution in [-0.2, 0) is 51.4 Å². The first-order valence-electron chi connectivity index (χ1n) is 23.4. The first-order chi connectivity index (χ1) is 29.7. The summed E-state index contributed by atoms with van der Waals surface area (Å²) in [5, 5.41) is 24.5. The molecule has 0 bridgehead atoms. The van der Waals surface area contributed by atoms with Crippen molar-refractivity contribution in [1.29, 1.82) is 0 Å². The second-order valence-corrected chi connectivity index (χ2v) is 18.6. The fourth-order valence-electron chi connectivity index (χ4n) is 11.6. The molecule has 4 aromatic carbocycles. The minimum atomic E-state index is -0.178. The van der Waals surface area contributed by atoms with Gasteiger partial charge in [0.2, 0.25) is 0 Å². The van der Waals surface area contributed by atoms with E-state index < -0.39 is 0 Å². The smallest absolute Gasteiger partial charge is 0.147 e. The van der Waals surface area contributed by atoms with Crippen molar-refractivity contribution in [2.45, 2.75) is 149 Å². The number of phenolic OH excluding ortho intramolecular Hbond substituents is 2. The van der Waals surface area contributed by atoms with Gasteiger partial charge in [0.05, 0.1) is 23.6 Å². The van der Waals surface area contributed by atoms with Gasteiger partial charge in [-0.2, -0.15) is 0 Å². The van der Waals surface area contributed by atoms with Crippen LogP contribution in [0.5, 0.6) is 23.0 Å². The summed E-state index contributed by atoms with van der Waals surface area (Å²) in [4.78, 5) is 0. The van der Waals surface area contributed by atoms with Gasteiger partial charge in [-0.1, -0.05) is 36.4 Å². The average molecular weight is 815 g/mol. The largest absolute Gasteiger partial charge is 0.505 e. The fraction of sp³-hybridized carbons (Fsp3) is 0.418. The second-order valence-electron chi connectivity index (χ2n) is 18.6. The van der Waals surface area contributed by atoms with E-state index in [1.54, 1.807) is 22.3 Å². The zero-order valence-electron chi connectivity index (χ0n) is 36.7. The van der Waals surface area contributed by atoms with Crippen LogP contribution in [0.15, 0.2) is 72.8 Å². The van der Waals surface area contributed by atoms with Crippen molar-refractivity contribution in [3.05, 3.63) is 129 Å². The normalized spacial score (nSPS) is 16.9. The van der Waals surface area contributed by atoms with Crippen LogP contribution in [0.3, 0.4) is 0 Å². The van der Waals surface area contributed by atoms with Gasteiger partial charge in [-0.25, -0.2) is 0 Å². The molecule has 2 aromatic heterocycles. The van der Waals surface area contributed by atoms with Crippen LogP contribution in [0, 0.1) is 13.8 Å². The van der Waals surface area contributed by atoms with Gasteiger partial charge in [0.1, 0.15) is 23.0 Å². The van der Waals surface area contributed by atoms with Crippen molar-refractivity contribution in [3.8, 4) is 56.6 Å². The number of para-hydroxylation sites is 2. The third-order valence-electron chi connectivity index (χ3n) is 14.2. The minimum Gasteiger partial charge on any atom is -0.505 e. The molecule has 2 atom stereocenters. The molecule has 10 rings (SSSR count). The Morgan fingerprint density at radius 2 is 0.787 bits per heavy atom. The zero-order chi connectivity index (χ0) is 41.8. The van der Waals surface area contributed by atoms with E-state index in [1.165, 1.54) is 74.1 Å². The maximum Gasteiger partial charge on any atom is 0.147 e. The topological polar surface area (TPSA) is 68.8 Å². The molecule has 4 aliphatic rings. The molecule has 2 N–H and O–H groups in total. The molecule has 0 amide bonds. The molecule has 0 saturated carbocycles. The highest BCUT2D eigenvalue weighted by atomic mass is 16.5. The van der Waals surface area contributed by atoms with E-state index in [-0.39, 0.29) is 12.2 Å². The number of aromatic nitrogens is 2. The average Bonchev–Trinajstić information content (AvgIpc) is 3.78. The Morgan fingerprint density at radius 3 is 1.15 bits per heavy atom. The Morgan fingerprint density at radius 1 is 0.459 bits per heavy atom. The Balaban J connectivity index is 0.912. The standard InChI is InChI=1S/C55H62N2O4/c1-34-29-44(54(58)50(31-34)56-46-23-11-5-17-38(46)39-18-6-12-24-47(39)56)42-21-9-15-27-52(42)60-36(3)33-37(4)61-53-28-16-10-22-43(53)45-30-35(2)32-51(55(45)59)57-48-25-13-7-19-40(48)41-20-8-14-26-49(41)57/h9-10,15-16,21-22,27-32,36-37,58-59H,5-8,11-14,17-20,23-26,33H2,1-4H3/t36-,37?/m1/s1. The summed E-state index contributed by atoms with van der Waals surface area (Å²) in [5.74, 6) is 2.13. The zero-order valence-corrected chi connectivity index (χ0v) is 36.7. The van der Waals surface area contributed by atoms with E-state index in [9.17, 15) is 10.2 Å².